The molecule has 0 aliphatic carbocycles. The molecule has 3 heterocycles. The molecule has 2 atom stereocenters. The second-order valence-electron chi connectivity index (χ2n) is 8.69. The van der Waals surface area contributed by atoms with Crippen molar-refractivity contribution in [1.82, 2.24) is 15.1 Å². The number of hydrogen-bond acceptors (Lipinski definition) is 6. The molecule has 8 heteroatoms. The number of nitrogens with zero attached hydrogens (tertiary/aromatic N) is 2. The lowest BCUT2D eigenvalue weighted by molar-refractivity contribution is -0.133. The van der Waals surface area contributed by atoms with E-state index in [0.29, 0.717) is 23.8 Å². The van der Waals surface area contributed by atoms with E-state index in [0.717, 1.165) is 23.1 Å². The van der Waals surface area contributed by atoms with Crippen LogP contribution in [0.3, 0.4) is 0 Å². The molecule has 3 amide bonds. The van der Waals surface area contributed by atoms with Gasteiger partial charge < -0.3 is 19.2 Å². The number of imide groups is 1. The molecule has 34 heavy (non-hydrogen) atoms. The third kappa shape index (κ3) is 3.51. The number of urea groups is 1. The van der Waals surface area contributed by atoms with E-state index >= 15 is 0 Å². The van der Waals surface area contributed by atoms with Crippen LogP contribution in [-0.2, 0) is 16.8 Å². The van der Waals surface area contributed by atoms with Gasteiger partial charge in [-0.25, -0.2) is 9.69 Å². The zero-order valence-corrected chi connectivity index (χ0v) is 19.4. The zero-order chi connectivity index (χ0) is 23.9. The van der Waals surface area contributed by atoms with Gasteiger partial charge >= 0.3 is 6.03 Å². The summed E-state index contributed by atoms with van der Waals surface area (Å²) in [5.74, 6) is 1.40. The highest BCUT2D eigenvalue weighted by molar-refractivity contribution is 6.06. The Kier molecular flexibility index (Phi) is 5.53. The highest BCUT2D eigenvalue weighted by Gasteiger charge is 2.51. The van der Waals surface area contributed by atoms with Gasteiger partial charge in [0.05, 0.1) is 33.2 Å². The van der Waals surface area contributed by atoms with Crippen LogP contribution in [0.5, 0.6) is 11.5 Å². The van der Waals surface area contributed by atoms with Crippen LogP contribution in [0.1, 0.15) is 35.4 Å². The Hall–Kier alpha value is -3.78. The Morgan fingerprint density at radius 3 is 2.47 bits per heavy atom. The fraction of sp³-hybridized carbons (Fsp3) is 0.308. The first-order valence-electron chi connectivity index (χ1n) is 11.2. The highest BCUT2D eigenvalue weighted by atomic mass is 16.5. The minimum atomic E-state index is -1.23. The predicted octanol–water partition coefficient (Wildman–Crippen LogP) is 3.67. The molecule has 1 aromatic heterocycles. The number of carbonyl (C=O) groups is 2. The summed E-state index contributed by atoms with van der Waals surface area (Å²) in [4.78, 5) is 29.7. The van der Waals surface area contributed by atoms with Gasteiger partial charge in [0.1, 0.15) is 5.76 Å². The van der Waals surface area contributed by atoms with Gasteiger partial charge in [-0.1, -0.05) is 30.3 Å². The van der Waals surface area contributed by atoms with Crippen LogP contribution in [0.4, 0.5) is 4.79 Å². The molecule has 8 nitrogen and oxygen atoms in total. The van der Waals surface area contributed by atoms with Gasteiger partial charge in [0.2, 0.25) is 0 Å². The number of benzene rings is 2. The summed E-state index contributed by atoms with van der Waals surface area (Å²) in [6.45, 7) is 2.48. The van der Waals surface area contributed by atoms with Gasteiger partial charge in [0, 0.05) is 6.54 Å². The second-order valence-corrected chi connectivity index (χ2v) is 8.69. The van der Waals surface area contributed by atoms with Crippen molar-refractivity contribution in [3.63, 3.8) is 0 Å². The number of rotatable bonds is 6. The summed E-state index contributed by atoms with van der Waals surface area (Å²) in [6, 6.07) is 16.9. The maximum Gasteiger partial charge on any atom is 0.326 e. The van der Waals surface area contributed by atoms with E-state index in [9.17, 15) is 9.59 Å². The summed E-state index contributed by atoms with van der Waals surface area (Å²) in [5, 5.41) is 2.81. The van der Waals surface area contributed by atoms with E-state index in [1.165, 1.54) is 11.2 Å². The number of hydrogen-bond donors (Lipinski definition) is 1. The van der Waals surface area contributed by atoms with Crippen LogP contribution < -0.4 is 14.8 Å². The van der Waals surface area contributed by atoms with E-state index in [1.807, 2.05) is 30.3 Å². The number of fused-ring (bicyclic) bond motifs is 1. The molecule has 1 N–H and O–H groups in total. The SMILES string of the molecule is COc1cc2c(cc1OC)[C@H](c1ccccc1)N(CN1C(=O)N[C@@](C)(c3ccco3)C1=O)CC2. The van der Waals surface area contributed by atoms with E-state index in [4.69, 9.17) is 13.9 Å². The number of amides is 3. The summed E-state index contributed by atoms with van der Waals surface area (Å²) in [5.41, 5.74) is 2.06. The fourth-order valence-electron chi connectivity index (χ4n) is 4.91. The van der Waals surface area contributed by atoms with Crippen LogP contribution in [0.25, 0.3) is 0 Å². The van der Waals surface area contributed by atoms with Crippen molar-refractivity contribution in [3.05, 3.63) is 83.3 Å². The first-order valence-corrected chi connectivity index (χ1v) is 11.2. The maximum atomic E-state index is 13.4. The lowest BCUT2D eigenvalue weighted by Gasteiger charge is -2.39. The van der Waals surface area contributed by atoms with Crippen molar-refractivity contribution in [2.75, 3.05) is 27.4 Å². The highest BCUT2D eigenvalue weighted by Crippen LogP contribution is 2.41. The Bertz CT molecular complexity index is 1210. The minimum absolute atomic E-state index is 0.147. The summed E-state index contributed by atoms with van der Waals surface area (Å²) >= 11 is 0. The Morgan fingerprint density at radius 1 is 1.06 bits per heavy atom. The molecule has 2 aliphatic rings. The molecule has 0 spiro atoms. The number of ether oxygens (including phenoxy) is 2. The molecular formula is C26H27N3O5. The van der Waals surface area contributed by atoms with Crippen molar-refractivity contribution < 1.29 is 23.5 Å². The van der Waals surface area contributed by atoms with E-state index in [1.54, 1.807) is 33.3 Å². The van der Waals surface area contributed by atoms with Crippen molar-refractivity contribution in [2.24, 2.45) is 0 Å². The van der Waals surface area contributed by atoms with Crippen LogP contribution in [-0.4, -0.2) is 49.2 Å². The van der Waals surface area contributed by atoms with E-state index < -0.39 is 11.6 Å². The van der Waals surface area contributed by atoms with Crippen molar-refractivity contribution in [2.45, 2.75) is 24.9 Å². The van der Waals surface area contributed by atoms with Crippen molar-refractivity contribution >= 4 is 11.9 Å². The Labute approximate surface area is 198 Å². The molecule has 5 rings (SSSR count). The Balaban J connectivity index is 1.52. The lowest BCUT2D eigenvalue weighted by Crippen LogP contribution is -2.47. The third-order valence-corrected chi connectivity index (χ3v) is 6.70. The fourth-order valence-corrected chi connectivity index (χ4v) is 4.91. The molecule has 0 saturated carbocycles. The molecule has 0 radical (unpaired) electrons. The van der Waals surface area contributed by atoms with E-state index in [2.05, 4.69) is 22.3 Å². The molecule has 176 valence electrons. The second kappa shape index (κ2) is 8.53. The van der Waals surface area contributed by atoms with Gasteiger partial charge in [-0.3, -0.25) is 9.69 Å². The number of methoxy groups -OCH3 is 2. The summed E-state index contributed by atoms with van der Waals surface area (Å²) in [6.07, 6.45) is 2.25. The van der Waals surface area contributed by atoms with Crippen LogP contribution in [0, 0.1) is 0 Å². The van der Waals surface area contributed by atoms with Gasteiger partial charge in [0.25, 0.3) is 5.91 Å². The van der Waals surface area contributed by atoms with Crippen LogP contribution in [0.15, 0.2) is 65.3 Å². The van der Waals surface area contributed by atoms with Gasteiger partial charge in [-0.05, 0) is 54.3 Å². The van der Waals surface area contributed by atoms with Gasteiger partial charge in [0.15, 0.2) is 17.0 Å². The van der Waals surface area contributed by atoms with Crippen LogP contribution >= 0.6 is 0 Å². The largest absolute Gasteiger partial charge is 0.493 e. The monoisotopic (exact) mass is 461 g/mol. The minimum Gasteiger partial charge on any atom is -0.493 e. The van der Waals surface area contributed by atoms with Crippen molar-refractivity contribution in [3.8, 4) is 11.5 Å². The normalized spacial score (nSPS) is 22.4. The molecule has 1 saturated heterocycles. The molecular weight excluding hydrogens is 434 g/mol. The molecule has 1 fully saturated rings. The summed E-state index contributed by atoms with van der Waals surface area (Å²) < 4.78 is 16.5. The van der Waals surface area contributed by atoms with Crippen molar-refractivity contribution in [1.29, 1.82) is 0 Å². The lowest BCUT2D eigenvalue weighted by atomic mass is 9.88. The number of carbonyl (C=O) groups excluding carboxylic acids is 2. The summed E-state index contributed by atoms with van der Waals surface area (Å²) in [7, 11) is 3.24. The first-order chi connectivity index (χ1) is 16.5. The average molecular weight is 462 g/mol. The topological polar surface area (TPSA) is 84.2 Å². The first kappa shape index (κ1) is 22.0. The molecule has 2 aliphatic heterocycles. The Morgan fingerprint density at radius 2 is 1.79 bits per heavy atom. The van der Waals surface area contributed by atoms with E-state index in [-0.39, 0.29) is 18.6 Å². The number of nitrogens with one attached hydrogen (secondary N) is 1. The predicted molar refractivity (Wildman–Crippen MR) is 125 cm³/mol. The van der Waals surface area contributed by atoms with Gasteiger partial charge in [-0.15, -0.1) is 0 Å². The molecule has 3 aromatic rings. The zero-order valence-electron chi connectivity index (χ0n) is 19.4. The quantitative estimate of drug-likeness (QED) is 0.564. The smallest absolute Gasteiger partial charge is 0.326 e. The standard InChI is InChI=1S/C26H27N3O5/c1-26(22-10-7-13-34-22)24(30)29(25(31)27-26)16-28-12-11-18-14-20(32-2)21(33-3)15-19(18)23(28)17-8-5-4-6-9-17/h4-10,13-15,23H,11-12,16H2,1-3H3,(H,27,31)/t23-,26-/m0/s1. The van der Waals surface area contributed by atoms with Gasteiger partial charge in [-0.2, -0.15) is 0 Å². The maximum absolute atomic E-state index is 13.4. The third-order valence-electron chi connectivity index (χ3n) is 6.70. The molecule has 2 aromatic carbocycles. The average Bonchev–Trinajstić information content (AvgIpc) is 3.48. The molecule has 0 unspecified atom stereocenters. The number of furan rings is 1. The van der Waals surface area contributed by atoms with Crippen LogP contribution in [0.2, 0.25) is 0 Å². The molecule has 0 bridgehead atoms.